The van der Waals surface area contributed by atoms with Gasteiger partial charge in [0.05, 0.1) is 6.10 Å². The Morgan fingerprint density at radius 1 is 1.37 bits per heavy atom. The number of urea groups is 1. The molecule has 2 amide bonds. The molecule has 0 spiro atoms. The monoisotopic (exact) mass is 272 g/mol. The second kappa shape index (κ2) is 7.33. The molecule has 1 aliphatic heterocycles. The molecule has 0 aromatic carbocycles. The first-order chi connectivity index (χ1) is 8.97. The Balaban J connectivity index is 2.70. The van der Waals surface area contributed by atoms with Crippen LogP contribution in [0.25, 0.3) is 0 Å². The minimum atomic E-state index is -1.26. The molecule has 1 fully saturated rings. The topological polar surface area (TPSA) is 89.9 Å². The number of carboxylic acid groups (broad SMARTS) is 1. The van der Waals surface area contributed by atoms with Crippen LogP contribution in [-0.2, 0) is 4.79 Å². The number of nitrogens with one attached hydrogen (secondary N) is 1. The normalized spacial score (nSPS) is 23.3. The molecular weight excluding hydrogens is 248 g/mol. The third-order valence-corrected chi connectivity index (χ3v) is 3.64. The second-order valence-electron chi connectivity index (χ2n) is 5.11. The summed E-state index contributed by atoms with van der Waals surface area (Å²) in [6.45, 7) is 4.04. The van der Waals surface area contributed by atoms with E-state index in [2.05, 4.69) is 5.32 Å². The van der Waals surface area contributed by atoms with Gasteiger partial charge in [-0.15, -0.1) is 0 Å². The first-order valence-electron chi connectivity index (χ1n) is 6.95. The predicted octanol–water partition coefficient (Wildman–Crippen LogP) is 1.18. The summed E-state index contributed by atoms with van der Waals surface area (Å²) in [5.41, 5.74) is 0. The number of aliphatic hydroxyl groups excluding tert-OH is 1. The molecule has 6 heteroatoms. The molecule has 6 nitrogen and oxygen atoms in total. The van der Waals surface area contributed by atoms with Crippen LogP contribution < -0.4 is 5.32 Å². The molecular formula is C13H24N2O4. The first kappa shape index (κ1) is 15.8. The number of hydrogen-bond acceptors (Lipinski definition) is 3. The highest BCUT2D eigenvalue weighted by atomic mass is 16.4. The maximum Gasteiger partial charge on any atom is 0.328 e. The molecule has 0 aliphatic carbocycles. The molecule has 0 saturated carbocycles. The minimum absolute atomic E-state index is 0.158. The smallest absolute Gasteiger partial charge is 0.328 e. The largest absolute Gasteiger partial charge is 0.480 e. The van der Waals surface area contributed by atoms with E-state index in [-0.39, 0.29) is 12.1 Å². The van der Waals surface area contributed by atoms with Crippen LogP contribution in [0.4, 0.5) is 4.79 Å². The van der Waals surface area contributed by atoms with Crippen LogP contribution in [0, 0.1) is 0 Å². The fraction of sp³-hybridized carbons (Fsp3) is 0.846. The zero-order valence-electron chi connectivity index (χ0n) is 11.6. The van der Waals surface area contributed by atoms with Crippen LogP contribution in [0.15, 0.2) is 0 Å². The van der Waals surface area contributed by atoms with Gasteiger partial charge in [-0.2, -0.15) is 0 Å². The van der Waals surface area contributed by atoms with Crippen LogP contribution in [0.1, 0.15) is 46.0 Å². The lowest BCUT2D eigenvalue weighted by molar-refractivity contribution is -0.141. The molecule has 19 heavy (non-hydrogen) atoms. The summed E-state index contributed by atoms with van der Waals surface area (Å²) < 4.78 is 0. The Morgan fingerprint density at radius 2 is 2.05 bits per heavy atom. The van der Waals surface area contributed by atoms with E-state index in [9.17, 15) is 14.7 Å². The summed E-state index contributed by atoms with van der Waals surface area (Å²) in [6, 6.07) is -1.48. The van der Waals surface area contributed by atoms with Gasteiger partial charge in [0.2, 0.25) is 0 Å². The molecule has 0 radical (unpaired) electrons. The lowest BCUT2D eigenvalue weighted by Gasteiger charge is -2.31. The van der Waals surface area contributed by atoms with Crippen LogP contribution in [0.3, 0.4) is 0 Å². The van der Waals surface area contributed by atoms with Crippen molar-refractivity contribution in [3.8, 4) is 0 Å². The van der Waals surface area contributed by atoms with Gasteiger partial charge in [-0.3, -0.25) is 0 Å². The summed E-state index contributed by atoms with van der Waals surface area (Å²) in [5, 5.41) is 20.8. The number of amides is 2. The van der Waals surface area contributed by atoms with E-state index in [0.717, 1.165) is 32.1 Å². The molecule has 0 aromatic heterocycles. The van der Waals surface area contributed by atoms with Crippen molar-refractivity contribution in [3.63, 3.8) is 0 Å². The Bertz CT molecular complexity index is 320. The Labute approximate surface area is 113 Å². The molecule has 1 saturated heterocycles. The number of aliphatic hydroxyl groups is 1. The average molecular weight is 272 g/mol. The third kappa shape index (κ3) is 4.38. The lowest BCUT2D eigenvalue weighted by atomic mass is 10.1. The van der Waals surface area contributed by atoms with Gasteiger partial charge in [0, 0.05) is 12.6 Å². The van der Waals surface area contributed by atoms with Crippen molar-refractivity contribution in [1.29, 1.82) is 0 Å². The molecule has 0 aromatic rings. The van der Waals surface area contributed by atoms with E-state index < -0.39 is 18.1 Å². The molecule has 0 bridgehead atoms. The van der Waals surface area contributed by atoms with Gasteiger partial charge in [-0.25, -0.2) is 9.59 Å². The summed E-state index contributed by atoms with van der Waals surface area (Å²) >= 11 is 0. The SMILES string of the molecule is CCC1CCCCCN1C(=O)N[C@H](C(=O)O)[C@@H](C)O. The zero-order valence-corrected chi connectivity index (χ0v) is 11.6. The first-order valence-corrected chi connectivity index (χ1v) is 6.95. The van der Waals surface area contributed by atoms with Gasteiger partial charge in [-0.1, -0.05) is 19.8 Å². The number of carbonyl (C=O) groups excluding carboxylic acids is 1. The van der Waals surface area contributed by atoms with E-state index in [4.69, 9.17) is 5.11 Å². The Kier molecular flexibility index (Phi) is 6.08. The van der Waals surface area contributed by atoms with Gasteiger partial charge >= 0.3 is 12.0 Å². The highest BCUT2D eigenvalue weighted by Gasteiger charge is 2.30. The predicted molar refractivity (Wildman–Crippen MR) is 70.9 cm³/mol. The highest BCUT2D eigenvalue weighted by molar-refractivity contribution is 5.83. The molecule has 1 aliphatic rings. The summed E-state index contributed by atoms with van der Waals surface area (Å²) in [6.07, 6.45) is 3.83. The number of nitrogens with zero attached hydrogens (tertiary/aromatic N) is 1. The maximum absolute atomic E-state index is 12.2. The summed E-state index contributed by atoms with van der Waals surface area (Å²) in [7, 11) is 0. The zero-order chi connectivity index (χ0) is 14.4. The number of likely N-dealkylation sites (tertiary alicyclic amines) is 1. The molecule has 1 heterocycles. The quantitative estimate of drug-likeness (QED) is 0.717. The molecule has 3 N–H and O–H groups in total. The fourth-order valence-electron chi connectivity index (χ4n) is 2.47. The Morgan fingerprint density at radius 3 is 2.58 bits per heavy atom. The van der Waals surface area contributed by atoms with Crippen LogP contribution >= 0.6 is 0 Å². The van der Waals surface area contributed by atoms with Crippen LogP contribution in [0.2, 0.25) is 0 Å². The third-order valence-electron chi connectivity index (χ3n) is 3.64. The van der Waals surface area contributed by atoms with Gasteiger partial charge in [-0.05, 0) is 26.2 Å². The average Bonchev–Trinajstić information content (AvgIpc) is 2.59. The van der Waals surface area contributed by atoms with Gasteiger partial charge in [0.1, 0.15) is 0 Å². The highest BCUT2D eigenvalue weighted by Crippen LogP contribution is 2.19. The summed E-state index contributed by atoms with van der Waals surface area (Å²) in [4.78, 5) is 24.9. The van der Waals surface area contributed by atoms with Crippen molar-refractivity contribution >= 4 is 12.0 Å². The number of rotatable bonds is 4. The molecule has 1 rings (SSSR count). The standard InChI is InChI=1S/C13H24N2O4/c1-3-10-7-5-4-6-8-15(10)13(19)14-11(9(2)16)12(17)18/h9-11,16H,3-8H2,1-2H3,(H,14,19)(H,17,18)/t9-,10?,11+/m1/s1. The number of carbonyl (C=O) groups is 2. The van der Waals surface area contributed by atoms with Crippen molar-refractivity contribution < 1.29 is 19.8 Å². The maximum atomic E-state index is 12.2. The van der Waals surface area contributed by atoms with E-state index in [1.54, 1.807) is 4.90 Å². The van der Waals surface area contributed by atoms with E-state index in [1.165, 1.54) is 6.92 Å². The van der Waals surface area contributed by atoms with Crippen molar-refractivity contribution in [1.82, 2.24) is 10.2 Å². The fourth-order valence-corrected chi connectivity index (χ4v) is 2.47. The van der Waals surface area contributed by atoms with Crippen LogP contribution in [-0.4, -0.2) is 51.8 Å². The number of carboxylic acids is 1. The number of hydrogen-bond donors (Lipinski definition) is 3. The molecule has 110 valence electrons. The second-order valence-corrected chi connectivity index (χ2v) is 5.11. The van der Waals surface area contributed by atoms with Gasteiger partial charge in [0.15, 0.2) is 6.04 Å². The molecule has 3 atom stereocenters. The van der Waals surface area contributed by atoms with E-state index in [0.29, 0.717) is 6.54 Å². The molecule has 1 unspecified atom stereocenters. The van der Waals surface area contributed by atoms with Crippen molar-refractivity contribution in [2.75, 3.05) is 6.54 Å². The van der Waals surface area contributed by atoms with Crippen LogP contribution in [0.5, 0.6) is 0 Å². The van der Waals surface area contributed by atoms with E-state index >= 15 is 0 Å². The van der Waals surface area contributed by atoms with Gasteiger partial charge in [0.25, 0.3) is 0 Å². The van der Waals surface area contributed by atoms with Crippen molar-refractivity contribution in [3.05, 3.63) is 0 Å². The summed E-state index contributed by atoms with van der Waals surface area (Å²) in [5.74, 6) is -1.22. The minimum Gasteiger partial charge on any atom is -0.480 e. The number of aliphatic carboxylic acids is 1. The van der Waals surface area contributed by atoms with Crippen molar-refractivity contribution in [2.24, 2.45) is 0 Å². The lowest BCUT2D eigenvalue weighted by Crippen LogP contribution is -2.54. The van der Waals surface area contributed by atoms with Crippen molar-refractivity contribution in [2.45, 2.75) is 64.1 Å². The van der Waals surface area contributed by atoms with Gasteiger partial charge < -0.3 is 20.4 Å². The Hall–Kier alpha value is -1.30. The van der Waals surface area contributed by atoms with E-state index in [1.807, 2.05) is 6.92 Å².